The van der Waals surface area contributed by atoms with Crippen molar-refractivity contribution < 1.29 is 49.8 Å². The van der Waals surface area contributed by atoms with Crippen LogP contribution in [0.1, 0.15) is 29.8 Å². The van der Waals surface area contributed by atoms with Gasteiger partial charge in [-0.05, 0) is 37.6 Å². The van der Waals surface area contributed by atoms with Gasteiger partial charge in [0.05, 0.1) is 0 Å². The van der Waals surface area contributed by atoms with E-state index in [-0.39, 0.29) is 25.1 Å². The third-order valence-corrected chi connectivity index (χ3v) is 6.01. The summed E-state index contributed by atoms with van der Waals surface area (Å²) in [4.78, 5) is 24.9. The number of nitrogens with one attached hydrogen (secondary N) is 1. The minimum atomic E-state index is -5.69. The first-order valence-corrected chi connectivity index (χ1v) is 9.91. The Bertz CT molecular complexity index is 1130. The molecule has 2 aromatic rings. The van der Waals surface area contributed by atoms with E-state index in [0.29, 0.717) is 0 Å². The summed E-state index contributed by atoms with van der Waals surface area (Å²) in [5.74, 6) is -7.46. The van der Waals surface area contributed by atoms with Crippen LogP contribution in [0.25, 0.3) is 0 Å². The molecule has 0 aliphatic carbocycles. The zero-order valence-corrected chi connectivity index (χ0v) is 18.1. The lowest BCUT2D eigenvalue weighted by Crippen LogP contribution is -2.65. The highest BCUT2D eigenvalue weighted by Gasteiger charge is 2.89. The van der Waals surface area contributed by atoms with Crippen LogP contribution in [0.5, 0.6) is 0 Å². The molecule has 190 valence electrons. The average molecular weight is 508 g/mol. The summed E-state index contributed by atoms with van der Waals surface area (Å²) in [6.07, 6.45) is -5.69. The predicted octanol–water partition coefficient (Wildman–Crippen LogP) is 4.60. The number of halogens is 7. The van der Waals surface area contributed by atoms with Crippen LogP contribution in [0.4, 0.5) is 36.4 Å². The molecule has 0 unspecified atom stereocenters. The standard InChI is InChI=1S/C22H19F7N2O4/c1-18(25)19(2,22(27,28)29)35-20(13-8-4-3-5-9-13,21(18,26)34-17(23)24)16(33)31-14-10-6-7-12(11-14)15(30)32/h3-11,17H,1-2H3,(H2,30,32)(H,31,33)/t18-,19-,20+,21+/m1/s1. The van der Waals surface area contributed by atoms with Crippen LogP contribution >= 0.6 is 0 Å². The Morgan fingerprint density at radius 2 is 1.63 bits per heavy atom. The van der Waals surface area contributed by atoms with Gasteiger partial charge >= 0.3 is 12.8 Å². The van der Waals surface area contributed by atoms with Gasteiger partial charge in [0, 0.05) is 11.3 Å². The summed E-state index contributed by atoms with van der Waals surface area (Å²) in [5.41, 5.74) is -8.30. The third-order valence-electron chi connectivity index (χ3n) is 6.01. The SMILES string of the molecule is C[C@]1(F)[C@](F)(OC(F)F)[C@@](C(=O)Nc2cccc(C(N)=O)c2)(c2ccccc2)O[C@@]1(C)C(F)(F)F. The lowest BCUT2D eigenvalue weighted by atomic mass is 9.75. The van der Waals surface area contributed by atoms with Crippen LogP contribution in [-0.2, 0) is 19.9 Å². The number of carbonyl (C=O) groups excluding carboxylic acids is 2. The van der Waals surface area contributed by atoms with Gasteiger partial charge in [0.1, 0.15) is 0 Å². The fourth-order valence-electron chi connectivity index (χ4n) is 3.96. The van der Waals surface area contributed by atoms with Crippen molar-refractivity contribution in [1.82, 2.24) is 0 Å². The molecule has 2 amide bonds. The van der Waals surface area contributed by atoms with E-state index in [9.17, 15) is 31.5 Å². The first-order chi connectivity index (χ1) is 16.0. The van der Waals surface area contributed by atoms with Crippen LogP contribution in [0.3, 0.4) is 0 Å². The molecule has 0 bridgehead atoms. The maximum Gasteiger partial charge on any atom is 0.420 e. The zero-order valence-electron chi connectivity index (χ0n) is 18.1. The average Bonchev–Trinajstić information content (AvgIpc) is 2.90. The predicted molar refractivity (Wildman–Crippen MR) is 108 cm³/mol. The molecule has 1 aliphatic heterocycles. The summed E-state index contributed by atoms with van der Waals surface area (Å²) >= 11 is 0. The molecular formula is C22H19F7N2O4. The molecule has 1 saturated heterocycles. The van der Waals surface area contributed by atoms with Gasteiger partial charge in [0.15, 0.2) is 0 Å². The second kappa shape index (κ2) is 8.48. The van der Waals surface area contributed by atoms with Crippen molar-refractivity contribution >= 4 is 17.5 Å². The highest BCUT2D eigenvalue weighted by Crippen LogP contribution is 2.65. The van der Waals surface area contributed by atoms with E-state index in [4.69, 9.17) is 10.5 Å². The molecule has 35 heavy (non-hydrogen) atoms. The van der Waals surface area contributed by atoms with Crippen molar-refractivity contribution in [2.24, 2.45) is 5.73 Å². The number of carbonyl (C=O) groups is 2. The Morgan fingerprint density at radius 3 is 2.14 bits per heavy atom. The highest BCUT2D eigenvalue weighted by molar-refractivity contribution is 6.01. The molecule has 2 aromatic carbocycles. The highest BCUT2D eigenvalue weighted by atomic mass is 19.4. The van der Waals surface area contributed by atoms with E-state index in [1.54, 1.807) is 0 Å². The molecule has 13 heteroatoms. The number of amides is 2. The van der Waals surface area contributed by atoms with Gasteiger partial charge in [0.2, 0.25) is 22.8 Å². The Balaban J connectivity index is 2.31. The summed E-state index contributed by atoms with van der Waals surface area (Å²) in [6, 6.07) is 9.97. The maximum atomic E-state index is 16.5. The van der Waals surface area contributed by atoms with Crippen molar-refractivity contribution in [3.63, 3.8) is 0 Å². The molecule has 1 heterocycles. The summed E-state index contributed by atoms with van der Waals surface area (Å²) in [6.45, 7) is -4.04. The third kappa shape index (κ3) is 3.82. The molecule has 3 N–H and O–H groups in total. The van der Waals surface area contributed by atoms with Crippen LogP contribution in [-0.4, -0.2) is 41.7 Å². The molecule has 3 rings (SSSR count). The summed E-state index contributed by atoms with van der Waals surface area (Å²) < 4.78 is 110. The van der Waals surface area contributed by atoms with E-state index in [2.05, 4.69) is 4.74 Å². The van der Waals surface area contributed by atoms with E-state index in [1.165, 1.54) is 18.2 Å². The topological polar surface area (TPSA) is 90.6 Å². The van der Waals surface area contributed by atoms with E-state index < -0.39 is 52.9 Å². The van der Waals surface area contributed by atoms with E-state index in [1.807, 2.05) is 5.32 Å². The van der Waals surface area contributed by atoms with Gasteiger partial charge < -0.3 is 15.8 Å². The second-order valence-corrected chi connectivity index (χ2v) is 8.06. The number of anilines is 1. The zero-order chi connectivity index (χ0) is 26.4. The van der Waals surface area contributed by atoms with Crippen molar-refractivity contribution in [2.75, 3.05) is 5.32 Å². The maximum absolute atomic E-state index is 16.5. The lowest BCUT2D eigenvalue weighted by molar-refractivity contribution is -0.328. The minimum absolute atomic E-state index is 0.0224. The van der Waals surface area contributed by atoms with Gasteiger partial charge in [-0.2, -0.15) is 22.0 Å². The van der Waals surface area contributed by atoms with Gasteiger partial charge in [-0.25, -0.2) is 8.78 Å². The number of benzene rings is 2. The van der Waals surface area contributed by atoms with Crippen molar-refractivity contribution in [2.45, 2.75) is 49.4 Å². The quantitative estimate of drug-likeness (QED) is 0.558. The Labute approximate surface area is 194 Å². The molecule has 1 aliphatic rings. The van der Waals surface area contributed by atoms with Crippen LogP contribution in [0.15, 0.2) is 54.6 Å². The first-order valence-electron chi connectivity index (χ1n) is 9.91. The molecule has 0 spiro atoms. The number of alkyl halides is 7. The lowest BCUT2D eigenvalue weighted by Gasteiger charge is -2.40. The monoisotopic (exact) mass is 508 g/mol. The van der Waals surface area contributed by atoms with E-state index >= 15 is 8.78 Å². The Kier molecular flexibility index (Phi) is 6.40. The fraction of sp³-hybridized carbons (Fsp3) is 0.364. The van der Waals surface area contributed by atoms with Crippen LogP contribution in [0, 0.1) is 0 Å². The summed E-state index contributed by atoms with van der Waals surface area (Å²) in [5, 5.41) is 2.00. The first kappa shape index (κ1) is 26.4. The van der Waals surface area contributed by atoms with Gasteiger partial charge in [-0.15, -0.1) is 0 Å². The smallest absolute Gasteiger partial charge is 0.366 e. The van der Waals surface area contributed by atoms with Crippen molar-refractivity contribution in [1.29, 1.82) is 0 Å². The normalized spacial score (nSPS) is 30.9. The molecule has 0 saturated carbocycles. The van der Waals surface area contributed by atoms with Gasteiger partial charge in [-0.3, -0.25) is 14.3 Å². The Morgan fingerprint density at radius 1 is 1.03 bits per heavy atom. The number of primary amides is 1. The van der Waals surface area contributed by atoms with Crippen molar-refractivity contribution in [3.8, 4) is 0 Å². The summed E-state index contributed by atoms with van der Waals surface area (Å²) in [7, 11) is 0. The van der Waals surface area contributed by atoms with Gasteiger partial charge in [-0.1, -0.05) is 36.4 Å². The van der Waals surface area contributed by atoms with Gasteiger partial charge in [0.25, 0.3) is 11.8 Å². The number of hydrogen-bond acceptors (Lipinski definition) is 4. The Hall–Kier alpha value is -3.19. The number of nitrogens with two attached hydrogens (primary N) is 1. The number of hydrogen-bond donors (Lipinski definition) is 2. The van der Waals surface area contributed by atoms with Crippen molar-refractivity contribution in [3.05, 3.63) is 65.7 Å². The number of rotatable bonds is 6. The molecule has 0 aromatic heterocycles. The van der Waals surface area contributed by atoms with E-state index in [0.717, 1.165) is 36.4 Å². The molecular weight excluding hydrogens is 489 g/mol. The fourth-order valence-corrected chi connectivity index (χ4v) is 3.96. The largest absolute Gasteiger partial charge is 0.420 e. The minimum Gasteiger partial charge on any atom is -0.366 e. The molecule has 1 fully saturated rings. The molecule has 6 nitrogen and oxygen atoms in total. The number of ether oxygens (including phenoxy) is 2. The van der Waals surface area contributed by atoms with Crippen LogP contribution in [0.2, 0.25) is 0 Å². The van der Waals surface area contributed by atoms with Crippen LogP contribution < -0.4 is 11.1 Å². The molecule has 0 radical (unpaired) electrons. The molecule has 4 atom stereocenters. The second-order valence-electron chi connectivity index (χ2n) is 8.06.